The van der Waals surface area contributed by atoms with Gasteiger partial charge in [0.25, 0.3) is 10.2 Å². The minimum Gasteiger partial charge on any atom is -0.216 e. The van der Waals surface area contributed by atoms with Gasteiger partial charge in [0.05, 0.1) is 0 Å². The first-order chi connectivity index (χ1) is 4.91. The van der Waals surface area contributed by atoms with Gasteiger partial charge in [0, 0.05) is 13.6 Å². The topological polar surface area (TPSA) is 63.4 Å². The summed E-state index contributed by atoms with van der Waals surface area (Å²) in [4.78, 5) is 0. The first-order valence-electron chi connectivity index (χ1n) is 3.65. The Hall–Kier alpha value is -0.130. The molecule has 0 heterocycles. The van der Waals surface area contributed by atoms with Crippen LogP contribution in [0.4, 0.5) is 0 Å². The summed E-state index contributed by atoms with van der Waals surface area (Å²) in [5, 5.41) is 4.90. The van der Waals surface area contributed by atoms with E-state index in [9.17, 15) is 8.42 Å². The van der Waals surface area contributed by atoms with Crippen LogP contribution in [0, 0.1) is 11.8 Å². The van der Waals surface area contributed by atoms with Crippen molar-refractivity contribution in [3.63, 3.8) is 0 Å². The SMILES string of the molecule is CC1CC1CN(C)S(N)(=O)=O. The second-order valence-corrected chi connectivity index (χ2v) is 4.95. The zero-order valence-corrected chi connectivity index (χ0v) is 7.63. The van der Waals surface area contributed by atoms with Crippen molar-refractivity contribution in [3.8, 4) is 0 Å². The van der Waals surface area contributed by atoms with Gasteiger partial charge >= 0.3 is 0 Å². The molecule has 0 aromatic carbocycles. The van der Waals surface area contributed by atoms with Crippen molar-refractivity contribution in [1.82, 2.24) is 4.31 Å². The molecular weight excluding hydrogens is 164 g/mol. The summed E-state index contributed by atoms with van der Waals surface area (Å²) in [5.41, 5.74) is 0. The molecule has 0 aliphatic heterocycles. The number of nitrogens with two attached hydrogens (primary N) is 1. The second kappa shape index (κ2) is 2.73. The summed E-state index contributed by atoms with van der Waals surface area (Å²) in [5.74, 6) is 1.19. The third-order valence-electron chi connectivity index (χ3n) is 2.20. The largest absolute Gasteiger partial charge is 0.276 e. The number of nitrogens with zero attached hydrogens (tertiary/aromatic N) is 1. The van der Waals surface area contributed by atoms with Crippen LogP contribution in [0.15, 0.2) is 0 Å². The van der Waals surface area contributed by atoms with E-state index in [1.165, 1.54) is 11.4 Å². The quantitative estimate of drug-likeness (QED) is 0.649. The molecule has 0 saturated heterocycles. The lowest BCUT2D eigenvalue weighted by molar-refractivity contribution is 0.445. The average Bonchev–Trinajstić information content (AvgIpc) is 2.44. The third-order valence-corrected chi connectivity index (χ3v) is 3.22. The highest BCUT2D eigenvalue weighted by molar-refractivity contribution is 7.86. The molecule has 5 heteroatoms. The van der Waals surface area contributed by atoms with Gasteiger partial charge in [0.2, 0.25) is 0 Å². The van der Waals surface area contributed by atoms with Gasteiger partial charge in [-0.1, -0.05) is 6.92 Å². The lowest BCUT2D eigenvalue weighted by atomic mass is 10.3. The van der Waals surface area contributed by atoms with Gasteiger partial charge in [0.1, 0.15) is 0 Å². The van der Waals surface area contributed by atoms with Crippen LogP contribution in [-0.4, -0.2) is 26.3 Å². The van der Waals surface area contributed by atoms with E-state index in [-0.39, 0.29) is 0 Å². The van der Waals surface area contributed by atoms with Crippen molar-refractivity contribution in [2.75, 3.05) is 13.6 Å². The third kappa shape index (κ3) is 2.43. The Labute approximate surface area is 67.6 Å². The van der Waals surface area contributed by atoms with Crippen LogP contribution >= 0.6 is 0 Å². The van der Waals surface area contributed by atoms with E-state index in [0.29, 0.717) is 18.4 Å². The maximum absolute atomic E-state index is 10.7. The van der Waals surface area contributed by atoms with Crippen molar-refractivity contribution in [2.24, 2.45) is 17.0 Å². The second-order valence-electron chi connectivity index (χ2n) is 3.30. The summed E-state index contributed by atoms with van der Waals surface area (Å²) in [7, 11) is -1.93. The van der Waals surface area contributed by atoms with E-state index >= 15 is 0 Å². The average molecular weight is 178 g/mol. The van der Waals surface area contributed by atoms with Crippen LogP contribution in [-0.2, 0) is 10.2 Å². The molecule has 1 aliphatic carbocycles. The summed E-state index contributed by atoms with van der Waals surface area (Å²) < 4.78 is 22.6. The molecule has 1 rings (SSSR count). The predicted octanol–water partition coefficient (Wildman–Crippen LogP) is -0.222. The fourth-order valence-electron chi connectivity index (χ4n) is 1.09. The Morgan fingerprint density at radius 1 is 1.64 bits per heavy atom. The smallest absolute Gasteiger partial charge is 0.216 e. The van der Waals surface area contributed by atoms with Gasteiger partial charge in [-0.05, 0) is 18.3 Å². The molecule has 1 fully saturated rings. The molecule has 0 aromatic heterocycles. The van der Waals surface area contributed by atoms with Crippen LogP contribution < -0.4 is 5.14 Å². The highest BCUT2D eigenvalue weighted by atomic mass is 32.2. The zero-order chi connectivity index (χ0) is 8.65. The van der Waals surface area contributed by atoms with Gasteiger partial charge in [-0.3, -0.25) is 0 Å². The summed E-state index contributed by atoms with van der Waals surface area (Å²) >= 11 is 0. The van der Waals surface area contributed by atoms with Crippen molar-refractivity contribution in [1.29, 1.82) is 0 Å². The normalized spacial score (nSPS) is 30.9. The maximum Gasteiger partial charge on any atom is 0.276 e. The molecule has 1 saturated carbocycles. The molecule has 4 nitrogen and oxygen atoms in total. The van der Waals surface area contributed by atoms with E-state index < -0.39 is 10.2 Å². The Kier molecular flexibility index (Phi) is 2.22. The molecule has 0 aromatic rings. The minimum absolute atomic E-state index is 0.526. The first kappa shape index (κ1) is 8.96. The first-order valence-corrected chi connectivity index (χ1v) is 5.15. The fraction of sp³-hybridized carbons (Fsp3) is 1.00. The van der Waals surface area contributed by atoms with Crippen molar-refractivity contribution >= 4 is 10.2 Å². The summed E-state index contributed by atoms with van der Waals surface area (Å²) in [6.07, 6.45) is 1.12. The van der Waals surface area contributed by atoms with Gasteiger partial charge in [-0.15, -0.1) is 0 Å². The molecule has 0 bridgehead atoms. The molecule has 1 aliphatic rings. The molecule has 2 N–H and O–H groups in total. The zero-order valence-electron chi connectivity index (χ0n) is 6.82. The van der Waals surface area contributed by atoms with E-state index in [1.807, 2.05) is 0 Å². The number of rotatable bonds is 3. The van der Waals surface area contributed by atoms with Crippen LogP contribution in [0.2, 0.25) is 0 Å². The van der Waals surface area contributed by atoms with E-state index in [0.717, 1.165) is 6.42 Å². The predicted molar refractivity (Wildman–Crippen MR) is 43.0 cm³/mol. The van der Waals surface area contributed by atoms with Gasteiger partial charge < -0.3 is 0 Å². The molecular formula is C6H14N2O2S. The maximum atomic E-state index is 10.7. The highest BCUT2D eigenvalue weighted by Crippen LogP contribution is 2.38. The van der Waals surface area contributed by atoms with Crippen LogP contribution in [0.3, 0.4) is 0 Å². The highest BCUT2D eigenvalue weighted by Gasteiger charge is 2.34. The Balaban J connectivity index is 2.39. The molecule has 2 unspecified atom stereocenters. The standard InChI is InChI=1S/C6H14N2O2S/c1-5-3-6(5)4-8(2)11(7,9)10/h5-6H,3-4H2,1-2H3,(H2,7,9,10). The van der Waals surface area contributed by atoms with E-state index in [2.05, 4.69) is 6.92 Å². The van der Waals surface area contributed by atoms with Crippen molar-refractivity contribution < 1.29 is 8.42 Å². The van der Waals surface area contributed by atoms with E-state index in [4.69, 9.17) is 5.14 Å². The summed E-state index contributed by atoms with van der Waals surface area (Å²) in [6.45, 7) is 2.68. The van der Waals surface area contributed by atoms with Crippen LogP contribution in [0.25, 0.3) is 0 Å². The van der Waals surface area contributed by atoms with E-state index in [1.54, 1.807) is 0 Å². The van der Waals surface area contributed by atoms with Crippen molar-refractivity contribution in [3.05, 3.63) is 0 Å². The number of hydrogen-bond donors (Lipinski definition) is 1. The summed E-state index contributed by atoms with van der Waals surface area (Å²) in [6, 6.07) is 0. The number of hydrogen-bond acceptors (Lipinski definition) is 2. The van der Waals surface area contributed by atoms with Crippen LogP contribution in [0.1, 0.15) is 13.3 Å². The molecule has 11 heavy (non-hydrogen) atoms. The Bertz CT molecular complexity index is 237. The lowest BCUT2D eigenvalue weighted by Crippen LogP contribution is -2.34. The molecule has 0 radical (unpaired) electrons. The molecule has 0 amide bonds. The van der Waals surface area contributed by atoms with Gasteiger partial charge in [0.15, 0.2) is 0 Å². The van der Waals surface area contributed by atoms with Gasteiger partial charge in [-0.25, -0.2) is 5.14 Å². The lowest BCUT2D eigenvalue weighted by Gasteiger charge is -2.12. The van der Waals surface area contributed by atoms with Gasteiger partial charge in [-0.2, -0.15) is 12.7 Å². The molecule has 2 atom stereocenters. The van der Waals surface area contributed by atoms with Crippen molar-refractivity contribution in [2.45, 2.75) is 13.3 Å². The Morgan fingerprint density at radius 2 is 2.09 bits per heavy atom. The molecule has 0 spiro atoms. The Morgan fingerprint density at radius 3 is 2.36 bits per heavy atom. The molecule has 66 valence electrons. The monoisotopic (exact) mass is 178 g/mol. The minimum atomic E-state index is -3.45. The fourth-order valence-corrected chi connectivity index (χ4v) is 1.49. The van der Waals surface area contributed by atoms with Crippen LogP contribution in [0.5, 0.6) is 0 Å².